The van der Waals surface area contributed by atoms with Gasteiger partial charge in [0.1, 0.15) is 12.2 Å². The molecule has 0 aliphatic heterocycles. The molecule has 4 aromatic carbocycles. The molecule has 0 N–H and O–H groups in total. The summed E-state index contributed by atoms with van der Waals surface area (Å²) in [6.07, 6.45) is 1.76. The zero-order valence-electron chi connectivity index (χ0n) is 26.3. The van der Waals surface area contributed by atoms with Gasteiger partial charge in [-0.1, -0.05) is 64.1 Å². The topological polar surface area (TPSA) is 61.4 Å². The number of rotatable bonds is 6. The van der Waals surface area contributed by atoms with Gasteiger partial charge >= 0.3 is 0 Å². The number of hydrogen-bond donors (Lipinski definition) is 0. The van der Waals surface area contributed by atoms with Crippen molar-refractivity contribution >= 4 is 0 Å². The van der Waals surface area contributed by atoms with Gasteiger partial charge in [0.05, 0.1) is 23.0 Å². The van der Waals surface area contributed by atoms with Crippen molar-refractivity contribution < 1.29 is 20.1 Å². The van der Waals surface area contributed by atoms with Crippen LogP contribution in [0.4, 0.5) is 0 Å². The summed E-state index contributed by atoms with van der Waals surface area (Å²) in [4.78, 5) is 9.04. The molecule has 6 nitrogen and oxygen atoms in total. The Balaban J connectivity index is 0.000000201. The molecule has 0 atom stereocenters. The molecule has 6 rings (SSSR count). The van der Waals surface area contributed by atoms with E-state index < -0.39 is 0 Å². The van der Waals surface area contributed by atoms with E-state index >= 15 is 0 Å². The van der Waals surface area contributed by atoms with Gasteiger partial charge in [-0.3, -0.25) is 14.6 Å². The van der Waals surface area contributed by atoms with Gasteiger partial charge in [-0.2, -0.15) is 10.2 Å². The summed E-state index contributed by atoms with van der Waals surface area (Å²) in [5.74, 6) is 3.15. The fourth-order valence-corrected chi connectivity index (χ4v) is 5.23. The molecule has 227 valence electrons. The van der Waals surface area contributed by atoms with E-state index in [9.17, 15) is 0 Å². The maximum absolute atomic E-state index is 4.73. The first-order valence-corrected chi connectivity index (χ1v) is 14.7. The predicted octanol–water partition coefficient (Wildman–Crippen LogP) is 8.64. The van der Waals surface area contributed by atoms with Crippen molar-refractivity contribution in [3.05, 3.63) is 131 Å². The number of hydrogen-bond acceptors (Lipinski definition) is 4. The van der Waals surface area contributed by atoms with E-state index in [2.05, 4.69) is 105 Å². The van der Waals surface area contributed by atoms with Gasteiger partial charge in [0.15, 0.2) is 0 Å². The van der Waals surface area contributed by atoms with Crippen LogP contribution in [0.15, 0.2) is 91.3 Å². The van der Waals surface area contributed by atoms with Gasteiger partial charge in [0.2, 0.25) is 0 Å². The molecule has 0 saturated carbocycles. The minimum Gasteiger partial charge on any atom is -0.264 e. The molecule has 0 aliphatic carbocycles. The van der Waals surface area contributed by atoms with E-state index in [1.54, 1.807) is 6.33 Å². The third-order valence-corrected chi connectivity index (χ3v) is 7.33. The Kier molecular flexibility index (Phi) is 10.8. The Morgan fingerprint density at radius 3 is 1.75 bits per heavy atom. The first-order chi connectivity index (χ1) is 20.7. The smallest absolute Gasteiger partial charge is 0.137 e. The fraction of sp³-hybridized carbons (Fsp3) is 0.243. The van der Waals surface area contributed by atoms with Crippen LogP contribution >= 0.6 is 0 Å². The van der Waals surface area contributed by atoms with Crippen LogP contribution in [0.25, 0.3) is 34.2 Å². The molecule has 44 heavy (non-hydrogen) atoms. The molecule has 0 spiro atoms. The molecule has 0 bridgehead atoms. The fourth-order valence-electron chi connectivity index (χ4n) is 5.23. The molecule has 2 aromatic heterocycles. The van der Waals surface area contributed by atoms with Gasteiger partial charge in [-0.05, 0) is 54.9 Å². The maximum atomic E-state index is 4.73. The van der Waals surface area contributed by atoms with Crippen molar-refractivity contribution in [3.63, 3.8) is 0 Å². The average molecular weight is 759 g/mol. The van der Waals surface area contributed by atoms with E-state index in [0.29, 0.717) is 17.7 Å². The molecular weight excluding hydrogens is 721 g/mol. The van der Waals surface area contributed by atoms with Crippen LogP contribution < -0.4 is 0 Å². The van der Waals surface area contributed by atoms with E-state index in [-0.39, 0.29) is 20.1 Å². The number of benzene rings is 4. The third kappa shape index (κ3) is 7.12. The van der Waals surface area contributed by atoms with Crippen molar-refractivity contribution in [1.29, 1.82) is 0 Å². The van der Waals surface area contributed by atoms with Crippen LogP contribution in [0.1, 0.15) is 67.6 Å². The number of aryl methyl sites for hydroxylation is 3. The van der Waals surface area contributed by atoms with Gasteiger partial charge in [0.25, 0.3) is 0 Å². The monoisotopic (exact) mass is 759 g/mol. The summed E-state index contributed by atoms with van der Waals surface area (Å²) in [5, 5.41) is 9.28. The second-order valence-electron chi connectivity index (χ2n) is 11.3. The van der Waals surface area contributed by atoms with E-state index in [1.165, 1.54) is 22.3 Å². The number of aromatic nitrogens is 6. The molecule has 1 radical (unpaired) electrons. The van der Waals surface area contributed by atoms with Crippen molar-refractivity contribution in [3.8, 4) is 34.2 Å². The van der Waals surface area contributed by atoms with Crippen molar-refractivity contribution in [2.75, 3.05) is 0 Å². The molecule has 2 heterocycles. The molecule has 0 fully saturated rings. The first-order valence-electron chi connectivity index (χ1n) is 14.7. The standard InChI is InChI=1S/C21H24N3.C16H14N3.Ir/c1-14(2)18-12-9-13-19(15(3)4)20(18)24-21(22-16(5)23-24)17-10-7-6-8-11-17;1-12-7-6-8-13(2)15(12)19-11-17-16(18-19)14-9-4-3-5-10-14;/h6-10,12-15H,1-5H3;3-9,11H,1-2H3;/q2*-1;. The predicted molar refractivity (Wildman–Crippen MR) is 174 cm³/mol. The van der Waals surface area contributed by atoms with Crippen LogP contribution in [0.3, 0.4) is 0 Å². The van der Waals surface area contributed by atoms with Crippen molar-refractivity contribution in [2.24, 2.45) is 0 Å². The van der Waals surface area contributed by atoms with E-state index in [1.807, 2.05) is 64.8 Å². The Morgan fingerprint density at radius 2 is 1.20 bits per heavy atom. The van der Waals surface area contributed by atoms with Gasteiger partial charge in [-0.15, -0.1) is 71.8 Å². The Labute approximate surface area is 274 Å². The van der Waals surface area contributed by atoms with Crippen LogP contribution in [0, 0.1) is 32.9 Å². The average Bonchev–Trinajstić information content (AvgIpc) is 3.65. The zero-order chi connectivity index (χ0) is 30.5. The van der Waals surface area contributed by atoms with E-state index in [0.717, 1.165) is 34.2 Å². The first kappa shape index (κ1) is 32.7. The number of para-hydroxylation sites is 2. The molecule has 0 unspecified atom stereocenters. The molecule has 0 saturated heterocycles. The largest absolute Gasteiger partial charge is 0.264 e. The summed E-state index contributed by atoms with van der Waals surface area (Å²) in [5.41, 5.74) is 9.10. The minimum atomic E-state index is 0. The van der Waals surface area contributed by atoms with Crippen LogP contribution in [0.2, 0.25) is 0 Å². The Morgan fingerprint density at radius 1 is 0.636 bits per heavy atom. The summed E-state index contributed by atoms with van der Waals surface area (Å²) < 4.78 is 3.84. The molecule has 0 amide bonds. The normalized spacial score (nSPS) is 10.8. The second-order valence-corrected chi connectivity index (χ2v) is 11.3. The van der Waals surface area contributed by atoms with Crippen molar-refractivity contribution in [2.45, 2.75) is 60.3 Å². The Bertz CT molecular complexity index is 1760. The summed E-state index contributed by atoms with van der Waals surface area (Å²) in [6.45, 7) is 15.0. The van der Waals surface area contributed by atoms with Gasteiger partial charge in [-0.25, -0.2) is 4.68 Å². The minimum absolute atomic E-state index is 0. The van der Waals surface area contributed by atoms with Gasteiger partial charge in [0, 0.05) is 20.1 Å². The van der Waals surface area contributed by atoms with Crippen LogP contribution in [-0.2, 0) is 20.1 Å². The third-order valence-electron chi connectivity index (χ3n) is 7.33. The SMILES string of the molecule is Cc1cccc(C)c1-n1cnc(-c2[c-]cccc2)n1.Cc1nc(-c2[c-]cccc2)n(-c2c(C(C)C)cccc2C(C)C)n1.[Ir]. The summed E-state index contributed by atoms with van der Waals surface area (Å²) >= 11 is 0. The van der Waals surface area contributed by atoms with Gasteiger partial charge < -0.3 is 0 Å². The second kappa shape index (κ2) is 14.5. The summed E-state index contributed by atoms with van der Waals surface area (Å²) in [7, 11) is 0. The van der Waals surface area contributed by atoms with E-state index in [4.69, 9.17) is 5.10 Å². The maximum Gasteiger partial charge on any atom is 0.137 e. The van der Waals surface area contributed by atoms with Crippen LogP contribution in [-0.4, -0.2) is 29.5 Å². The zero-order valence-corrected chi connectivity index (χ0v) is 28.7. The molecular formula is C37H38IrN6-2. The van der Waals surface area contributed by atoms with Crippen LogP contribution in [0.5, 0.6) is 0 Å². The quantitative estimate of drug-likeness (QED) is 0.160. The number of nitrogens with zero attached hydrogens (tertiary/aromatic N) is 6. The van der Waals surface area contributed by atoms with Crippen molar-refractivity contribution in [1.82, 2.24) is 29.5 Å². The molecule has 7 heteroatoms. The molecule has 0 aliphatic rings. The Hall–Kier alpha value is -4.19. The summed E-state index contributed by atoms with van der Waals surface area (Å²) in [6, 6.07) is 34.8. The molecule has 6 aromatic rings.